The average Bonchev–Trinajstić information content (AvgIpc) is 3.39. The Labute approximate surface area is 177 Å². The maximum atomic E-state index is 13.5. The van der Waals surface area contributed by atoms with Crippen molar-refractivity contribution < 1.29 is 14.3 Å². The van der Waals surface area contributed by atoms with Crippen LogP contribution < -0.4 is 4.90 Å². The van der Waals surface area contributed by atoms with E-state index in [1.54, 1.807) is 17.3 Å². The fraction of sp³-hybridized carbons (Fsp3) is 0.458. The summed E-state index contributed by atoms with van der Waals surface area (Å²) in [5.41, 5.74) is 4.13. The van der Waals surface area contributed by atoms with E-state index in [-0.39, 0.29) is 30.3 Å². The van der Waals surface area contributed by atoms with E-state index in [1.807, 2.05) is 49.1 Å². The highest BCUT2D eigenvalue weighted by Crippen LogP contribution is 2.30. The second kappa shape index (κ2) is 8.96. The number of hydrogen-bond acceptors (Lipinski definition) is 4. The van der Waals surface area contributed by atoms with Gasteiger partial charge in [-0.05, 0) is 55.5 Å². The summed E-state index contributed by atoms with van der Waals surface area (Å²) in [7, 11) is 0. The first-order valence-corrected chi connectivity index (χ1v) is 10.7. The molecule has 0 radical (unpaired) electrons. The van der Waals surface area contributed by atoms with Gasteiger partial charge in [0.25, 0.3) is 0 Å². The van der Waals surface area contributed by atoms with Crippen molar-refractivity contribution >= 4 is 17.5 Å². The number of benzene rings is 1. The first-order chi connectivity index (χ1) is 14.5. The van der Waals surface area contributed by atoms with E-state index in [2.05, 4.69) is 4.98 Å². The first kappa shape index (κ1) is 20.5. The number of ether oxygens (including phenoxy) is 1. The standard InChI is InChI=1S/C24H29N3O3/c1-17-6-3-9-22(18(17)2)27-15-20(12-23(27)28)24(29)26(16-21-8-5-11-30-21)14-19-7-4-10-25-13-19/h3-4,6-7,9-10,13,20-21H,5,8,11-12,14-16H2,1-2H3. The van der Waals surface area contributed by atoms with Gasteiger partial charge >= 0.3 is 0 Å². The summed E-state index contributed by atoms with van der Waals surface area (Å²) in [6.45, 7) is 6.29. The highest BCUT2D eigenvalue weighted by Gasteiger charge is 2.38. The first-order valence-electron chi connectivity index (χ1n) is 10.7. The molecule has 6 nitrogen and oxygen atoms in total. The number of carbonyl (C=O) groups excluding carboxylic acids is 2. The Bertz CT molecular complexity index is 909. The Morgan fingerprint density at radius 1 is 1.27 bits per heavy atom. The van der Waals surface area contributed by atoms with Gasteiger partial charge in [0.2, 0.25) is 11.8 Å². The van der Waals surface area contributed by atoms with Crippen LogP contribution in [-0.4, -0.2) is 47.5 Å². The van der Waals surface area contributed by atoms with E-state index in [4.69, 9.17) is 4.74 Å². The molecule has 2 saturated heterocycles. The van der Waals surface area contributed by atoms with Crippen LogP contribution in [0.5, 0.6) is 0 Å². The summed E-state index contributed by atoms with van der Waals surface area (Å²) in [6.07, 6.45) is 5.83. The molecule has 2 aliphatic rings. The highest BCUT2D eigenvalue weighted by atomic mass is 16.5. The zero-order chi connectivity index (χ0) is 21.1. The molecule has 0 N–H and O–H groups in total. The van der Waals surface area contributed by atoms with Gasteiger partial charge < -0.3 is 14.5 Å². The number of hydrogen-bond donors (Lipinski definition) is 0. The quantitative estimate of drug-likeness (QED) is 0.737. The lowest BCUT2D eigenvalue weighted by Gasteiger charge is -2.28. The minimum atomic E-state index is -0.338. The van der Waals surface area contributed by atoms with Gasteiger partial charge in [-0.2, -0.15) is 0 Å². The summed E-state index contributed by atoms with van der Waals surface area (Å²) in [5, 5.41) is 0. The average molecular weight is 408 g/mol. The molecule has 4 rings (SSSR count). The minimum Gasteiger partial charge on any atom is -0.376 e. The number of amides is 2. The molecule has 30 heavy (non-hydrogen) atoms. The Morgan fingerprint density at radius 2 is 2.13 bits per heavy atom. The van der Waals surface area contributed by atoms with Crippen LogP contribution >= 0.6 is 0 Å². The molecule has 2 aliphatic heterocycles. The molecule has 2 fully saturated rings. The van der Waals surface area contributed by atoms with Gasteiger partial charge in [-0.25, -0.2) is 0 Å². The number of aromatic nitrogens is 1. The minimum absolute atomic E-state index is 0.0143. The Balaban J connectivity index is 1.52. The predicted molar refractivity (Wildman–Crippen MR) is 115 cm³/mol. The molecule has 0 spiro atoms. The van der Waals surface area contributed by atoms with Crippen LogP contribution in [0.1, 0.15) is 36.0 Å². The van der Waals surface area contributed by atoms with Gasteiger partial charge in [-0.3, -0.25) is 14.6 Å². The smallest absolute Gasteiger partial charge is 0.228 e. The van der Waals surface area contributed by atoms with Gasteiger partial charge in [0.05, 0.1) is 12.0 Å². The van der Waals surface area contributed by atoms with Gasteiger partial charge in [0.15, 0.2) is 0 Å². The molecule has 2 amide bonds. The van der Waals surface area contributed by atoms with E-state index in [1.165, 1.54) is 0 Å². The van der Waals surface area contributed by atoms with Crippen LogP contribution in [0.2, 0.25) is 0 Å². The van der Waals surface area contributed by atoms with Gasteiger partial charge in [0, 0.05) is 50.7 Å². The van der Waals surface area contributed by atoms with E-state index < -0.39 is 0 Å². The lowest BCUT2D eigenvalue weighted by Crippen LogP contribution is -2.41. The van der Waals surface area contributed by atoms with E-state index in [9.17, 15) is 9.59 Å². The van der Waals surface area contributed by atoms with Crippen molar-refractivity contribution in [3.63, 3.8) is 0 Å². The van der Waals surface area contributed by atoms with Crippen molar-refractivity contribution in [2.24, 2.45) is 5.92 Å². The third kappa shape index (κ3) is 4.38. The molecule has 1 aromatic carbocycles. The third-order valence-corrected chi connectivity index (χ3v) is 6.20. The van der Waals surface area contributed by atoms with Crippen LogP contribution in [0.15, 0.2) is 42.7 Å². The molecule has 2 aromatic rings. The molecular weight excluding hydrogens is 378 g/mol. The molecule has 3 heterocycles. The Kier molecular flexibility index (Phi) is 6.13. The lowest BCUT2D eigenvalue weighted by atomic mass is 10.1. The maximum absolute atomic E-state index is 13.5. The van der Waals surface area contributed by atoms with Gasteiger partial charge in [-0.15, -0.1) is 0 Å². The number of carbonyl (C=O) groups is 2. The predicted octanol–water partition coefficient (Wildman–Crippen LogP) is 3.26. The SMILES string of the molecule is Cc1cccc(N2CC(C(=O)N(Cc3cccnc3)CC3CCCO3)CC2=O)c1C. The van der Waals surface area contributed by atoms with Crippen molar-refractivity contribution in [1.29, 1.82) is 0 Å². The Morgan fingerprint density at radius 3 is 2.87 bits per heavy atom. The van der Waals surface area contributed by atoms with Crippen molar-refractivity contribution in [2.45, 2.75) is 45.8 Å². The number of pyridine rings is 1. The third-order valence-electron chi connectivity index (χ3n) is 6.20. The van der Waals surface area contributed by atoms with E-state index in [0.717, 1.165) is 41.8 Å². The van der Waals surface area contributed by atoms with Crippen molar-refractivity contribution in [3.8, 4) is 0 Å². The molecule has 0 aliphatic carbocycles. The molecule has 6 heteroatoms. The maximum Gasteiger partial charge on any atom is 0.228 e. The van der Waals surface area contributed by atoms with Crippen LogP contribution in [-0.2, 0) is 20.9 Å². The molecule has 2 unspecified atom stereocenters. The van der Waals surface area contributed by atoms with Crippen LogP contribution in [0, 0.1) is 19.8 Å². The summed E-state index contributed by atoms with van der Waals surface area (Å²) < 4.78 is 5.79. The van der Waals surface area contributed by atoms with Crippen molar-refractivity contribution in [3.05, 3.63) is 59.4 Å². The van der Waals surface area contributed by atoms with Crippen LogP contribution in [0.4, 0.5) is 5.69 Å². The van der Waals surface area contributed by atoms with E-state index >= 15 is 0 Å². The fourth-order valence-corrected chi connectivity index (χ4v) is 4.37. The normalized spacial score (nSPS) is 21.3. The summed E-state index contributed by atoms with van der Waals surface area (Å²) in [6, 6.07) is 9.83. The molecule has 158 valence electrons. The van der Waals surface area contributed by atoms with Gasteiger partial charge in [-0.1, -0.05) is 18.2 Å². The van der Waals surface area contributed by atoms with Crippen LogP contribution in [0.3, 0.4) is 0 Å². The molecule has 1 aromatic heterocycles. The highest BCUT2D eigenvalue weighted by molar-refractivity contribution is 6.01. The fourth-order valence-electron chi connectivity index (χ4n) is 4.37. The summed E-state index contributed by atoms with van der Waals surface area (Å²) in [5.74, 6) is -0.300. The molecule has 0 saturated carbocycles. The van der Waals surface area contributed by atoms with Crippen LogP contribution in [0.25, 0.3) is 0 Å². The zero-order valence-electron chi connectivity index (χ0n) is 17.7. The zero-order valence-corrected chi connectivity index (χ0v) is 17.7. The number of aryl methyl sites for hydroxylation is 1. The number of nitrogens with zero attached hydrogens (tertiary/aromatic N) is 3. The topological polar surface area (TPSA) is 62.7 Å². The largest absolute Gasteiger partial charge is 0.376 e. The van der Waals surface area contributed by atoms with Crippen molar-refractivity contribution in [2.75, 3.05) is 24.6 Å². The lowest BCUT2D eigenvalue weighted by molar-refractivity contribution is -0.138. The summed E-state index contributed by atoms with van der Waals surface area (Å²) >= 11 is 0. The Hall–Kier alpha value is -2.73. The summed E-state index contributed by atoms with van der Waals surface area (Å²) in [4.78, 5) is 34.1. The van der Waals surface area contributed by atoms with Gasteiger partial charge in [0.1, 0.15) is 0 Å². The number of anilines is 1. The van der Waals surface area contributed by atoms with E-state index in [0.29, 0.717) is 19.6 Å². The molecular formula is C24H29N3O3. The monoisotopic (exact) mass is 407 g/mol. The second-order valence-electron chi connectivity index (χ2n) is 8.34. The molecule has 2 atom stereocenters. The number of rotatable bonds is 6. The van der Waals surface area contributed by atoms with Crippen molar-refractivity contribution in [1.82, 2.24) is 9.88 Å². The second-order valence-corrected chi connectivity index (χ2v) is 8.34. The molecule has 0 bridgehead atoms.